The molecular formula is C30H35FN6O4S. The number of aromatic nitrogens is 3. The number of likely N-dealkylation sites (tertiary alicyclic amines) is 1. The van der Waals surface area contributed by atoms with Crippen molar-refractivity contribution < 1.29 is 22.3 Å². The summed E-state index contributed by atoms with van der Waals surface area (Å²) in [5.74, 6) is 0.100. The van der Waals surface area contributed by atoms with Gasteiger partial charge in [-0.05, 0) is 73.1 Å². The minimum absolute atomic E-state index is 0.00513. The van der Waals surface area contributed by atoms with Crippen LogP contribution in [0.1, 0.15) is 54.1 Å². The number of sulfonamides is 1. The number of hydrogen-bond acceptors (Lipinski definition) is 7. The van der Waals surface area contributed by atoms with E-state index >= 15 is 0 Å². The monoisotopic (exact) mass is 594 g/mol. The van der Waals surface area contributed by atoms with E-state index in [1.165, 1.54) is 48.3 Å². The smallest absolute Gasteiger partial charge is 0.264 e. The van der Waals surface area contributed by atoms with Crippen LogP contribution in [-0.2, 0) is 34.2 Å². The number of methoxy groups -OCH3 is 1. The average molecular weight is 595 g/mol. The molecule has 0 radical (unpaired) electrons. The molecule has 3 heterocycles. The molecule has 3 aliphatic rings. The van der Waals surface area contributed by atoms with E-state index in [1.807, 2.05) is 10.9 Å². The standard InChI is InChI=1S/C30H35FN6O4S/c1-41-25-6-8-26(9-7-25)42(39,40)37-16-13-32-30(38)29(37)18-24-20-36(34-33-24)28-4-2-3-22-17-21(5-10-27(22)28)19-35-14-11-23(31)12-15-35/h5-10,13,16-17,20,23,28-29H,2-4,11-12,14-15,18-19H2,1H3,(H,32,38)/t28-,29+/m0/s1. The molecule has 6 rings (SSSR count). The Morgan fingerprint density at radius 3 is 2.64 bits per heavy atom. The van der Waals surface area contributed by atoms with E-state index in [-0.39, 0.29) is 17.4 Å². The van der Waals surface area contributed by atoms with Crippen LogP contribution in [0.25, 0.3) is 0 Å². The second-order valence-electron chi connectivity index (χ2n) is 11.1. The second-order valence-corrected chi connectivity index (χ2v) is 13.0. The number of carbonyl (C=O) groups is 1. The van der Waals surface area contributed by atoms with E-state index in [4.69, 9.17) is 4.74 Å². The highest BCUT2D eigenvalue weighted by Gasteiger charge is 2.36. The molecule has 0 bridgehead atoms. The van der Waals surface area contributed by atoms with Crippen molar-refractivity contribution in [2.24, 2.45) is 0 Å². The summed E-state index contributed by atoms with van der Waals surface area (Å²) < 4.78 is 48.6. The van der Waals surface area contributed by atoms with E-state index in [1.54, 1.807) is 12.1 Å². The molecule has 2 aliphatic heterocycles. The Morgan fingerprint density at radius 2 is 1.88 bits per heavy atom. The van der Waals surface area contributed by atoms with Gasteiger partial charge in [0.05, 0.1) is 23.7 Å². The van der Waals surface area contributed by atoms with Crippen molar-refractivity contribution in [2.45, 2.75) is 68.2 Å². The first-order valence-electron chi connectivity index (χ1n) is 14.4. The highest BCUT2D eigenvalue weighted by atomic mass is 32.2. The highest BCUT2D eigenvalue weighted by molar-refractivity contribution is 7.89. The minimum atomic E-state index is -4.01. The summed E-state index contributed by atoms with van der Waals surface area (Å²) in [5.41, 5.74) is 4.25. The molecule has 42 heavy (non-hydrogen) atoms. The summed E-state index contributed by atoms with van der Waals surface area (Å²) >= 11 is 0. The topological polar surface area (TPSA) is 110 Å². The molecule has 10 nitrogen and oxygen atoms in total. The summed E-state index contributed by atoms with van der Waals surface area (Å²) in [7, 11) is -2.50. The first kappa shape index (κ1) is 28.4. The van der Waals surface area contributed by atoms with Crippen LogP contribution in [0.5, 0.6) is 5.75 Å². The fourth-order valence-corrected chi connectivity index (χ4v) is 7.55. The van der Waals surface area contributed by atoms with Gasteiger partial charge in [0.2, 0.25) is 5.91 Å². The molecular weight excluding hydrogens is 559 g/mol. The van der Waals surface area contributed by atoms with Gasteiger partial charge in [-0.2, -0.15) is 0 Å². The molecule has 1 aliphatic carbocycles. The maximum Gasteiger partial charge on any atom is 0.264 e. The number of benzene rings is 2. The Kier molecular flexibility index (Phi) is 8.00. The minimum Gasteiger partial charge on any atom is -0.497 e. The van der Waals surface area contributed by atoms with Crippen molar-refractivity contribution in [3.8, 4) is 5.75 Å². The van der Waals surface area contributed by atoms with Gasteiger partial charge >= 0.3 is 0 Å². The molecule has 0 spiro atoms. The SMILES string of the molecule is COc1ccc(S(=O)(=O)N2C=CNC(=O)[C@H]2Cc2cn([C@H]3CCCc4cc(CN5CCC(F)CC5)ccc43)nn2)cc1. The first-order chi connectivity index (χ1) is 20.3. The molecule has 222 valence electrons. The maximum atomic E-state index is 13.5. The average Bonchev–Trinajstić information content (AvgIpc) is 3.47. The van der Waals surface area contributed by atoms with E-state index < -0.39 is 28.1 Å². The Bertz CT molecular complexity index is 1570. The number of aryl methyl sites for hydroxylation is 1. The summed E-state index contributed by atoms with van der Waals surface area (Å²) in [6.07, 6.45) is 8.01. The lowest BCUT2D eigenvalue weighted by Gasteiger charge is -2.31. The van der Waals surface area contributed by atoms with Gasteiger partial charge < -0.3 is 10.1 Å². The molecule has 1 fully saturated rings. The zero-order valence-corrected chi connectivity index (χ0v) is 24.3. The molecule has 2 atom stereocenters. The van der Waals surface area contributed by atoms with Crippen molar-refractivity contribution in [3.05, 3.63) is 83.4 Å². The van der Waals surface area contributed by atoms with Gasteiger partial charge in [0.25, 0.3) is 10.0 Å². The van der Waals surface area contributed by atoms with Gasteiger partial charge in [0.1, 0.15) is 18.0 Å². The van der Waals surface area contributed by atoms with Crippen LogP contribution in [-0.4, -0.2) is 70.9 Å². The fraction of sp³-hybridized carbons (Fsp3) is 0.433. The number of nitrogens with one attached hydrogen (secondary N) is 1. The first-order valence-corrected chi connectivity index (χ1v) is 15.8. The predicted octanol–water partition coefficient (Wildman–Crippen LogP) is 3.35. The molecule has 1 amide bonds. The van der Waals surface area contributed by atoms with Gasteiger partial charge in [-0.1, -0.05) is 23.4 Å². The zero-order chi connectivity index (χ0) is 29.3. The third-order valence-electron chi connectivity index (χ3n) is 8.38. The van der Waals surface area contributed by atoms with Gasteiger partial charge in [-0.15, -0.1) is 5.10 Å². The van der Waals surface area contributed by atoms with Gasteiger partial charge in [-0.3, -0.25) is 14.0 Å². The Hall–Kier alpha value is -3.77. The van der Waals surface area contributed by atoms with E-state index in [0.717, 1.165) is 43.2 Å². The van der Waals surface area contributed by atoms with Crippen LogP contribution in [0.3, 0.4) is 0 Å². The van der Waals surface area contributed by atoms with Crippen molar-refractivity contribution in [3.63, 3.8) is 0 Å². The largest absolute Gasteiger partial charge is 0.497 e. The molecule has 12 heteroatoms. The summed E-state index contributed by atoms with van der Waals surface area (Å²) in [4.78, 5) is 15.3. The van der Waals surface area contributed by atoms with Crippen LogP contribution in [0.2, 0.25) is 0 Å². The molecule has 0 unspecified atom stereocenters. The summed E-state index contributed by atoms with van der Waals surface area (Å²) in [6, 6.07) is 11.6. The van der Waals surface area contributed by atoms with Crippen molar-refractivity contribution in [1.29, 1.82) is 0 Å². The number of ether oxygens (including phenoxy) is 1. The van der Waals surface area contributed by atoms with Crippen LogP contribution >= 0.6 is 0 Å². The molecule has 1 aromatic heterocycles. The van der Waals surface area contributed by atoms with Crippen molar-refractivity contribution >= 4 is 15.9 Å². The number of halogens is 1. The van der Waals surface area contributed by atoms with Gasteiger partial charge in [0, 0.05) is 44.7 Å². The number of rotatable bonds is 8. The Balaban J connectivity index is 1.19. The molecule has 1 saturated heterocycles. The van der Waals surface area contributed by atoms with Crippen molar-refractivity contribution in [1.82, 2.24) is 29.5 Å². The third kappa shape index (κ3) is 5.78. The molecule has 1 N–H and O–H groups in total. The summed E-state index contributed by atoms with van der Waals surface area (Å²) in [6.45, 7) is 2.40. The van der Waals surface area contributed by atoms with Gasteiger partial charge in [0.15, 0.2) is 0 Å². The van der Waals surface area contributed by atoms with Gasteiger partial charge in [-0.25, -0.2) is 17.5 Å². The van der Waals surface area contributed by atoms with E-state index in [9.17, 15) is 17.6 Å². The number of hydrogen-bond donors (Lipinski definition) is 1. The van der Waals surface area contributed by atoms with E-state index in [0.29, 0.717) is 24.3 Å². The van der Waals surface area contributed by atoms with Crippen molar-refractivity contribution in [2.75, 3.05) is 20.2 Å². The van der Waals surface area contributed by atoms with Crippen LogP contribution < -0.4 is 10.1 Å². The Morgan fingerprint density at radius 1 is 1.10 bits per heavy atom. The molecule has 2 aromatic carbocycles. The number of piperidine rings is 1. The number of alkyl halides is 1. The van der Waals surface area contributed by atoms with Crippen LogP contribution in [0.15, 0.2) is 66.0 Å². The normalized spacial score (nSPS) is 21.7. The van der Waals surface area contributed by atoms with Crippen LogP contribution in [0.4, 0.5) is 4.39 Å². The van der Waals surface area contributed by atoms with E-state index in [2.05, 4.69) is 38.7 Å². The lowest BCUT2D eigenvalue weighted by Crippen LogP contribution is -2.50. The second kappa shape index (κ2) is 11.8. The van der Waals surface area contributed by atoms with Crippen LogP contribution in [0, 0.1) is 0 Å². The fourth-order valence-electron chi connectivity index (χ4n) is 6.10. The predicted molar refractivity (Wildman–Crippen MR) is 154 cm³/mol. The quantitative estimate of drug-likeness (QED) is 0.426. The molecule has 3 aromatic rings. The molecule has 0 saturated carbocycles. The Labute approximate surface area is 245 Å². The maximum absolute atomic E-state index is 13.5. The zero-order valence-electron chi connectivity index (χ0n) is 23.5. The lowest BCUT2D eigenvalue weighted by molar-refractivity contribution is -0.124. The number of amides is 1. The number of carbonyl (C=O) groups excluding carboxylic acids is 1. The number of fused-ring (bicyclic) bond motifs is 1. The number of nitrogens with zero attached hydrogens (tertiary/aromatic N) is 5. The lowest BCUT2D eigenvalue weighted by atomic mass is 9.86. The highest BCUT2D eigenvalue weighted by Crippen LogP contribution is 2.34. The third-order valence-corrected chi connectivity index (χ3v) is 10.2. The summed E-state index contributed by atoms with van der Waals surface area (Å²) in [5, 5.41) is 11.4.